The van der Waals surface area contributed by atoms with E-state index in [1.807, 2.05) is 0 Å². The van der Waals surface area contributed by atoms with Gasteiger partial charge in [0.2, 0.25) is 10.0 Å². The van der Waals surface area contributed by atoms with Gasteiger partial charge in [-0.05, 0) is 50.3 Å². The van der Waals surface area contributed by atoms with Crippen molar-refractivity contribution in [2.45, 2.75) is 67.8 Å². The molecule has 0 amide bonds. The van der Waals surface area contributed by atoms with Crippen LogP contribution in [0.3, 0.4) is 0 Å². The van der Waals surface area contributed by atoms with Crippen LogP contribution in [-0.2, 0) is 32.8 Å². The molecule has 1 unspecified atom stereocenters. The Morgan fingerprint density at radius 3 is 2.55 bits per heavy atom. The minimum atomic E-state index is -3.88. The number of sulfonamides is 1. The van der Waals surface area contributed by atoms with Gasteiger partial charge in [0.25, 0.3) is 0 Å². The van der Waals surface area contributed by atoms with Gasteiger partial charge in [0.15, 0.2) is 15.7 Å². The van der Waals surface area contributed by atoms with Gasteiger partial charge in [-0.25, -0.2) is 16.8 Å². The van der Waals surface area contributed by atoms with E-state index in [1.54, 1.807) is 13.0 Å². The van der Waals surface area contributed by atoms with Crippen LogP contribution in [0.4, 0.5) is 0 Å². The van der Waals surface area contributed by atoms with E-state index in [1.165, 1.54) is 16.4 Å². The zero-order chi connectivity index (χ0) is 20.8. The van der Waals surface area contributed by atoms with Crippen molar-refractivity contribution < 1.29 is 16.8 Å². The van der Waals surface area contributed by atoms with Crippen LogP contribution in [0.1, 0.15) is 55.4 Å². The lowest BCUT2D eigenvalue weighted by Crippen LogP contribution is -2.32. The van der Waals surface area contributed by atoms with Gasteiger partial charge in [0.05, 0.1) is 15.8 Å². The average Bonchev–Trinajstić information content (AvgIpc) is 3.22. The van der Waals surface area contributed by atoms with Gasteiger partial charge >= 0.3 is 0 Å². The minimum absolute atomic E-state index is 0.00812. The van der Waals surface area contributed by atoms with Gasteiger partial charge in [-0.3, -0.25) is 0 Å². The van der Waals surface area contributed by atoms with Crippen molar-refractivity contribution in [1.82, 2.24) is 19.1 Å². The van der Waals surface area contributed by atoms with E-state index in [-0.39, 0.29) is 15.8 Å². The van der Waals surface area contributed by atoms with E-state index in [2.05, 4.69) is 14.8 Å². The zero-order valence-corrected chi connectivity index (χ0v) is 18.3. The van der Waals surface area contributed by atoms with E-state index in [0.29, 0.717) is 24.4 Å². The molecule has 2 aliphatic heterocycles. The van der Waals surface area contributed by atoms with Crippen LogP contribution in [-0.4, -0.2) is 48.7 Å². The fourth-order valence-electron chi connectivity index (χ4n) is 4.26. The summed E-state index contributed by atoms with van der Waals surface area (Å²) in [6, 6.07) is 3.90. The molecular formula is C19H26N4O4S2. The highest BCUT2D eigenvalue weighted by molar-refractivity contribution is 7.91. The van der Waals surface area contributed by atoms with Crippen LogP contribution < -0.4 is 0 Å². The second-order valence-electron chi connectivity index (χ2n) is 7.91. The molecule has 1 atom stereocenters. The van der Waals surface area contributed by atoms with E-state index in [9.17, 15) is 16.8 Å². The molecule has 0 spiro atoms. The summed E-state index contributed by atoms with van der Waals surface area (Å²) in [5, 5.41) is 8.70. The minimum Gasteiger partial charge on any atom is -0.314 e. The van der Waals surface area contributed by atoms with E-state index in [4.69, 9.17) is 0 Å². The summed E-state index contributed by atoms with van der Waals surface area (Å²) < 4.78 is 54.6. The Bertz CT molecular complexity index is 1140. The average molecular weight is 439 g/mol. The Hall–Kier alpha value is -1.78. The molecule has 8 nitrogen and oxygen atoms in total. The zero-order valence-electron chi connectivity index (χ0n) is 16.7. The first-order chi connectivity index (χ1) is 13.7. The fraction of sp³-hybridized carbons (Fsp3) is 0.579. The summed E-state index contributed by atoms with van der Waals surface area (Å²) in [5.74, 6) is 1.64. The monoisotopic (exact) mass is 438 g/mol. The molecule has 0 N–H and O–H groups in total. The maximum Gasteiger partial charge on any atom is 0.244 e. The first-order valence-electron chi connectivity index (χ1n) is 9.94. The standard InChI is InChI=1S/C19H26N4O4S2/c1-14-9-10-15(28(2,24)25)13-17(14)29(26,27)23-12-6-7-16(23)19-21-20-18-8-4-3-5-11-22(18)19/h9-10,13,16H,3-8,11-12H2,1-2H3. The molecule has 2 aliphatic rings. The van der Waals surface area contributed by atoms with Crippen LogP contribution >= 0.6 is 0 Å². The number of rotatable bonds is 4. The molecule has 1 aromatic carbocycles. The Labute approximate surface area is 171 Å². The van der Waals surface area contributed by atoms with Gasteiger partial charge in [0, 0.05) is 25.8 Å². The molecule has 10 heteroatoms. The fourth-order valence-corrected chi connectivity index (χ4v) is 6.88. The summed E-state index contributed by atoms with van der Waals surface area (Å²) in [6.45, 7) is 2.88. The van der Waals surface area contributed by atoms with Crippen molar-refractivity contribution in [3.63, 3.8) is 0 Å². The number of sulfone groups is 1. The maximum atomic E-state index is 13.5. The Morgan fingerprint density at radius 2 is 1.79 bits per heavy atom. The van der Waals surface area contributed by atoms with E-state index >= 15 is 0 Å². The molecule has 0 radical (unpaired) electrons. The SMILES string of the molecule is Cc1ccc(S(C)(=O)=O)cc1S(=O)(=O)N1CCCC1c1nnc2n1CCCCC2. The number of hydrogen-bond donors (Lipinski definition) is 0. The maximum absolute atomic E-state index is 13.5. The van der Waals surface area contributed by atoms with Crippen molar-refractivity contribution in [3.8, 4) is 0 Å². The molecule has 2 aromatic rings. The number of nitrogens with zero attached hydrogens (tertiary/aromatic N) is 4. The van der Waals surface area contributed by atoms with Crippen LogP contribution in [0.2, 0.25) is 0 Å². The third kappa shape index (κ3) is 3.73. The molecule has 0 aliphatic carbocycles. The van der Waals surface area contributed by atoms with Crippen LogP contribution in [0.15, 0.2) is 28.0 Å². The number of benzene rings is 1. The first-order valence-corrected chi connectivity index (χ1v) is 13.3. The molecule has 1 saturated heterocycles. The normalized spacial score (nSPS) is 21.1. The molecule has 0 bridgehead atoms. The van der Waals surface area contributed by atoms with Crippen molar-refractivity contribution >= 4 is 19.9 Å². The quantitative estimate of drug-likeness (QED) is 0.725. The summed E-state index contributed by atoms with van der Waals surface area (Å²) in [6.07, 6.45) is 6.60. The molecule has 1 aromatic heterocycles. The number of aryl methyl sites for hydroxylation is 2. The number of aromatic nitrogens is 3. The third-order valence-electron chi connectivity index (χ3n) is 5.81. The third-order valence-corrected chi connectivity index (χ3v) is 8.97. The second kappa shape index (κ2) is 7.48. The summed E-state index contributed by atoms with van der Waals surface area (Å²) in [7, 11) is -7.38. The lowest BCUT2D eigenvalue weighted by atomic mass is 10.2. The summed E-state index contributed by atoms with van der Waals surface area (Å²) in [4.78, 5) is 0.0525. The van der Waals surface area contributed by atoms with Gasteiger partial charge in [-0.1, -0.05) is 12.5 Å². The smallest absolute Gasteiger partial charge is 0.244 e. The molecule has 4 rings (SSSR count). The Balaban J connectivity index is 1.75. The van der Waals surface area contributed by atoms with Crippen molar-refractivity contribution in [2.75, 3.05) is 12.8 Å². The van der Waals surface area contributed by atoms with Crippen LogP contribution in [0, 0.1) is 6.92 Å². The summed E-state index contributed by atoms with van der Waals surface area (Å²) >= 11 is 0. The summed E-state index contributed by atoms with van der Waals surface area (Å²) in [5.41, 5.74) is 0.531. The second-order valence-corrected chi connectivity index (χ2v) is 11.8. The highest BCUT2D eigenvalue weighted by Crippen LogP contribution is 2.37. The van der Waals surface area contributed by atoms with E-state index < -0.39 is 19.9 Å². The van der Waals surface area contributed by atoms with Crippen molar-refractivity contribution in [1.29, 1.82) is 0 Å². The van der Waals surface area contributed by atoms with Crippen molar-refractivity contribution in [3.05, 3.63) is 35.4 Å². The largest absolute Gasteiger partial charge is 0.314 e. The van der Waals surface area contributed by atoms with Crippen LogP contribution in [0.25, 0.3) is 0 Å². The Morgan fingerprint density at radius 1 is 1.00 bits per heavy atom. The topological polar surface area (TPSA) is 102 Å². The molecule has 158 valence electrons. The van der Waals surface area contributed by atoms with Crippen molar-refractivity contribution in [2.24, 2.45) is 0 Å². The number of fused-ring (bicyclic) bond motifs is 1. The molecule has 1 fully saturated rings. The van der Waals surface area contributed by atoms with E-state index in [0.717, 1.165) is 50.7 Å². The van der Waals surface area contributed by atoms with Gasteiger partial charge in [-0.15, -0.1) is 10.2 Å². The molecule has 0 saturated carbocycles. The molecule has 3 heterocycles. The predicted molar refractivity (Wildman–Crippen MR) is 108 cm³/mol. The molecule has 29 heavy (non-hydrogen) atoms. The van der Waals surface area contributed by atoms with Crippen LogP contribution in [0.5, 0.6) is 0 Å². The lowest BCUT2D eigenvalue weighted by Gasteiger charge is -2.25. The lowest BCUT2D eigenvalue weighted by molar-refractivity contribution is 0.370. The number of hydrogen-bond acceptors (Lipinski definition) is 6. The van der Waals surface area contributed by atoms with Gasteiger partial charge in [0.1, 0.15) is 5.82 Å². The highest BCUT2D eigenvalue weighted by Gasteiger charge is 2.40. The Kier molecular flexibility index (Phi) is 5.28. The first kappa shape index (κ1) is 20.5. The molecular weight excluding hydrogens is 412 g/mol. The van der Waals surface area contributed by atoms with Gasteiger partial charge < -0.3 is 4.57 Å². The van der Waals surface area contributed by atoms with Gasteiger partial charge in [-0.2, -0.15) is 4.31 Å². The highest BCUT2D eigenvalue weighted by atomic mass is 32.2. The predicted octanol–water partition coefficient (Wildman–Crippen LogP) is 2.24.